The van der Waals surface area contributed by atoms with Crippen molar-refractivity contribution in [2.45, 2.75) is 72.1 Å². The number of aromatic amines is 1. The van der Waals surface area contributed by atoms with Gasteiger partial charge in [-0.2, -0.15) is 0 Å². The van der Waals surface area contributed by atoms with Gasteiger partial charge in [0.15, 0.2) is 28.6 Å². The number of H-pyrrole nitrogens is 1. The summed E-state index contributed by atoms with van der Waals surface area (Å²) in [7, 11) is 15.2. The van der Waals surface area contributed by atoms with Gasteiger partial charge in [-0.3, -0.25) is 108 Å². The molecule has 0 aliphatic rings. The number of methoxy groups -OCH3 is 11. The average Bonchev–Trinajstić information content (AvgIpc) is 0.406. The van der Waals surface area contributed by atoms with Crippen LogP contribution in [-0.2, 0) is 108 Å². The molecule has 0 saturated carbocycles. The maximum absolute atomic E-state index is 12.7. The number of anilines is 1. The number of carbonyl (C=O) groups is 9. The molecule has 2 heterocycles. The number of fused-ring (bicyclic) bond motifs is 2. The number of aromatic hydroxyl groups is 1. The number of ketones is 2. The lowest BCUT2D eigenvalue weighted by atomic mass is 9.94. The van der Waals surface area contributed by atoms with Crippen molar-refractivity contribution >= 4 is 160 Å². The van der Waals surface area contributed by atoms with E-state index in [-0.39, 0.29) is 126 Å². The molecule has 0 spiro atoms. The van der Waals surface area contributed by atoms with Crippen LogP contribution in [0.2, 0.25) is 5.02 Å². The quantitative estimate of drug-likeness (QED) is 0.00643. The Labute approximate surface area is 802 Å². The molecule has 10 rings (SSSR count). The summed E-state index contributed by atoms with van der Waals surface area (Å²) in [5.74, 6) is -5.23. The van der Waals surface area contributed by atoms with Gasteiger partial charge in [0.1, 0.15) is 58.4 Å². The first kappa shape index (κ1) is 120. The molecule has 138 heavy (non-hydrogen) atoms. The molecule has 51 heteroatoms. The number of phenols is 1. The van der Waals surface area contributed by atoms with Crippen LogP contribution >= 0.6 is 50.5 Å². The van der Waals surface area contributed by atoms with Crippen molar-refractivity contribution in [1.82, 2.24) is 9.97 Å². The van der Waals surface area contributed by atoms with E-state index >= 15 is 0 Å². The summed E-state index contributed by atoms with van der Waals surface area (Å²) in [5.41, 5.74) is 9.89. The number of carboxylic acids is 1. The number of non-ortho nitro benzene ring substituents is 5. The summed E-state index contributed by atoms with van der Waals surface area (Å²) in [4.78, 5) is 167. The number of benzene rings is 8. The predicted octanol–water partition coefficient (Wildman–Crippen LogP) is 15.8. The van der Waals surface area contributed by atoms with E-state index < -0.39 is 82.8 Å². The summed E-state index contributed by atoms with van der Waals surface area (Å²) in [6.07, 6.45) is 3.31. The Bertz CT molecular complexity index is 6050. The molecule has 5 N–H and O–H groups in total. The number of carbonyl (C=O) groups excluding carboxylic acids is 8. The van der Waals surface area contributed by atoms with Crippen LogP contribution in [0.1, 0.15) is 73.4 Å². The summed E-state index contributed by atoms with van der Waals surface area (Å²) in [6.45, 7) is 6.42. The van der Waals surface area contributed by atoms with E-state index in [4.69, 9.17) is 60.7 Å². The van der Waals surface area contributed by atoms with Crippen LogP contribution in [0, 0.1) is 62.2 Å². The second-order valence-corrected chi connectivity index (χ2v) is 33.3. The van der Waals surface area contributed by atoms with Crippen molar-refractivity contribution in [3.63, 3.8) is 0 Å². The number of hydrogen-bond acceptors (Lipinski definition) is 37. The number of rotatable bonds is 29. The number of hydrogen-bond donors (Lipinski definition) is 4. The molecular formula is C87H93Cl4F2N8O36P. The van der Waals surface area contributed by atoms with E-state index in [1.807, 2.05) is 0 Å². The monoisotopic (exact) mass is 2030 g/mol. The van der Waals surface area contributed by atoms with Gasteiger partial charge in [-0.1, -0.05) is 17.7 Å². The van der Waals surface area contributed by atoms with E-state index in [0.717, 1.165) is 52.4 Å². The topological polar surface area (TPSA) is 619 Å². The first-order valence-electron chi connectivity index (χ1n) is 38.7. The Balaban J connectivity index is 0.000000777. The minimum absolute atomic E-state index is 0.0255. The van der Waals surface area contributed by atoms with Crippen molar-refractivity contribution in [2.24, 2.45) is 0 Å². The molecule has 0 amide bonds. The van der Waals surface area contributed by atoms with Crippen molar-refractivity contribution in [3.05, 3.63) is 269 Å². The van der Waals surface area contributed by atoms with E-state index in [1.54, 1.807) is 81.9 Å². The molecule has 1 unspecified atom stereocenters. The van der Waals surface area contributed by atoms with E-state index in [9.17, 15) is 112 Å². The van der Waals surface area contributed by atoms with Gasteiger partial charge in [0.05, 0.1) is 195 Å². The van der Waals surface area contributed by atoms with Crippen LogP contribution in [0.5, 0.6) is 46.0 Å². The summed E-state index contributed by atoms with van der Waals surface area (Å²) in [5, 5.41) is 67.8. The minimum atomic E-state index is -3.22. The number of aromatic nitrogens is 2. The number of ether oxygens (including phenoxy) is 13. The number of halogens is 6. The Kier molecular flexibility index (Phi) is 54.2. The largest absolute Gasteiger partial charge is 0.505 e. The molecule has 0 saturated heterocycles. The van der Waals surface area contributed by atoms with E-state index in [2.05, 4.69) is 72.1 Å². The highest BCUT2D eigenvalue weighted by Crippen LogP contribution is 2.61. The number of nitro groups is 5. The highest BCUT2D eigenvalue weighted by Gasteiger charge is 2.31. The number of nitrogens with one attached hydrogen (secondary N) is 1. The molecule has 2 aromatic heterocycles. The molecular weight excluding hydrogens is 1940 g/mol. The Morgan fingerprint density at radius 3 is 1.23 bits per heavy atom. The summed E-state index contributed by atoms with van der Waals surface area (Å²) >= 11 is 19.9. The standard InChI is InChI=1S/C13H12ClNO3.C13H15NO6.C13H13NO4.C10H11NO5.C10H13NO3.C9H9NO5.C7H6FNO3.C6H4FNO3.C6H10O3.Cl3OP/c1-17-12-7-11-9(10(14)3-4-15-11)5-8(12)6-13(16)18-2;1-4-20-13(16)12(8(2)15)10-6-5-9(14(17)18)7-11(10)19-3;1-17-12-7-10-9(11(15)3-4-14-10)5-8(12)6-13(16)18-2;1-15-9-6-8(11(13)14)4-3-7(9)5-10(12)16-2;1-13-9-6-8(11)4-3-7(9)5-10(12)14-2;1-15-8-5-7(10(13)14)3-2-6(8)4-9(11)12;1-12-7-4-5(9(10)11)2-3-6(7)8;7-5-3-4(8(10)11)1-2-6(5)9;1-3-9-6(8)4-5(2)7;1-5(2,3)4/h3-5,7H,6H2,1-2H3;5-7,12H,4H2,1-3H3;3-5,7H,6H2,1-2H3,(H,14,15);3-4,6H,5H2,1-2H3;3-4,6H,5,11H2,1-2H3;2-3,5H,4H2,1H3,(H,11,12);2-4H,1H3;1-3,9H;3-4H2,1-2H3;. The maximum Gasteiger partial charge on any atom is 0.339 e. The van der Waals surface area contributed by atoms with E-state index in [1.165, 1.54) is 146 Å². The fourth-order valence-electron chi connectivity index (χ4n) is 10.6. The SMILES string of the molecule is CCOC(=O)C(C(C)=O)c1ccc([N+](=O)[O-])cc1OC.CCOC(=O)CC(C)=O.COC(=O)Cc1cc2c(=O)cc[nH]c2cc1OC.COC(=O)Cc1cc2c(Cl)ccnc2cc1OC.COC(=O)Cc1ccc(N)cc1OC.COC(=O)Cc1ccc([N+](=O)[O-])cc1OC.COc1cc([N+](=O)[O-])ccc1CC(=O)O.COc1cc([N+](=O)[O-])ccc1F.O=P(Cl)(Cl)Cl.O=[N+]([O-])c1ccc(O)c(F)c1. The fraction of sp³-hybridized carbons (Fsp3) is 0.276. The van der Waals surface area contributed by atoms with Crippen LogP contribution in [-0.4, -0.2) is 190 Å². The zero-order chi connectivity index (χ0) is 105. The van der Waals surface area contributed by atoms with Crippen LogP contribution < -0.4 is 44.3 Å². The number of phenolic OH excluding ortho intramolecular Hbond substituents is 1. The van der Waals surface area contributed by atoms with Gasteiger partial charge in [-0.05, 0) is 116 Å². The van der Waals surface area contributed by atoms with Gasteiger partial charge < -0.3 is 82.5 Å². The number of Topliss-reactive ketones (excluding diaryl/α,β-unsaturated/α-hetero) is 2. The van der Waals surface area contributed by atoms with Gasteiger partial charge in [0, 0.05) is 117 Å². The normalized spacial score (nSPS) is 10.1. The third-order valence-corrected chi connectivity index (χ3v) is 17.3. The maximum atomic E-state index is 12.7. The molecule has 0 fully saturated rings. The Hall–Kier alpha value is -15.5. The van der Waals surface area contributed by atoms with Crippen LogP contribution in [0.25, 0.3) is 21.8 Å². The molecule has 1 atom stereocenters. The Morgan fingerprint density at radius 2 is 0.826 bits per heavy atom. The minimum Gasteiger partial charge on any atom is -0.505 e. The van der Waals surface area contributed by atoms with Gasteiger partial charge in [0.2, 0.25) is 0 Å². The zero-order valence-corrected chi connectivity index (χ0v) is 79.9. The van der Waals surface area contributed by atoms with Crippen LogP contribution in [0.15, 0.2) is 163 Å². The van der Waals surface area contributed by atoms with Crippen molar-refractivity contribution < 1.29 is 153 Å². The number of carboxylic acid groups (broad SMARTS) is 1. The first-order chi connectivity index (χ1) is 64.9. The first-order valence-corrected chi connectivity index (χ1v) is 43.5. The summed E-state index contributed by atoms with van der Waals surface area (Å²) in [6, 6.07) is 32.6. The van der Waals surface area contributed by atoms with E-state index in [0.29, 0.717) is 74.0 Å². The zero-order valence-electron chi connectivity index (χ0n) is 76.0. The molecule has 744 valence electrons. The lowest BCUT2D eigenvalue weighted by Crippen LogP contribution is -2.23. The number of nitrogens with two attached hydrogens (primary N) is 1. The lowest BCUT2D eigenvalue weighted by Gasteiger charge is -2.15. The highest BCUT2D eigenvalue weighted by atomic mass is 36.0. The fourth-order valence-corrected chi connectivity index (χ4v) is 10.8. The number of nitrogens with zero attached hydrogens (tertiary/aromatic N) is 6. The van der Waals surface area contributed by atoms with Gasteiger partial charge in [-0.15, -0.1) is 0 Å². The van der Waals surface area contributed by atoms with Gasteiger partial charge in [-0.25, -0.2) is 8.78 Å². The van der Waals surface area contributed by atoms with Crippen molar-refractivity contribution in [2.75, 3.05) is 97.2 Å². The van der Waals surface area contributed by atoms with Crippen LogP contribution in [0.4, 0.5) is 42.9 Å². The molecule has 0 aliphatic heterocycles. The molecule has 0 aliphatic carbocycles. The van der Waals surface area contributed by atoms with Crippen molar-refractivity contribution in [1.29, 1.82) is 0 Å². The Morgan fingerprint density at radius 1 is 0.457 bits per heavy atom. The molecule has 10 aromatic rings. The van der Waals surface area contributed by atoms with Crippen LogP contribution in [0.3, 0.4) is 0 Å². The highest BCUT2D eigenvalue weighted by molar-refractivity contribution is 8.24. The van der Waals surface area contributed by atoms with Gasteiger partial charge in [0.25, 0.3) is 28.4 Å². The molecule has 0 bridgehead atoms. The lowest BCUT2D eigenvalue weighted by molar-refractivity contribution is -0.385. The predicted molar refractivity (Wildman–Crippen MR) is 496 cm³/mol. The average molecular weight is 2040 g/mol. The van der Waals surface area contributed by atoms with Gasteiger partial charge >= 0.3 is 47.0 Å². The molecule has 0 radical (unpaired) electrons. The second-order valence-electron chi connectivity index (χ2n) is 26.2. The third kappa shape index (κ3) is 43.6. The van der Waals surface area contributed by atoms with Crippen molar-refractivity contribution in [3.8, 4) is 46.0 Å². The number of pyridine rings is 2. The number of aliphatic carboxylic acids is 1. The second kappa shape index (κ2) is 62.1. The smallest absolute Gasteiger partial charge is 0.339 e. The third-order valence-electron chi connectivity index (χ3n) is 17.0. The molecule has 44 nitrogen and oxygen atoms in total. The number of nitrogen functional groups attached to an aromatic ring is 1. The molecule has 8 aromatic carbocycles. The number of nitro benzene ring substituents is 5. The number of esters is 6. The summed E-state index contributed by atoms with van der Waals surface area (Å²) < 4.78 is 97.2.